The van der Waals surface area contributed by atoms with Gasteiger partial charge in [-0.1, -0.05) is 0 Å². The van der Waals surface area contributed by atoms with Crippen LogP contribution < -0.4 is 11.3 Å². The Morgan fingerprint density at radius 3 is 2.67 bits per heavy atom. The standard InChI is InChI=1S/C10H14N5O8P/c11-10-13-6-2(7(18)14-10)12-1-15(6)8-4(17)3(16)5(23-8)9(19)24(20,21)22/h1,3-5,8-9,16-17,19H,(H2,20,21,22)(H3,11,13,14,18)/t3-,4+,5-,8+,9+/m0/s1. The Morgan fingerprint density at radius 2 is 2.04 bits per heavy atom. The van der Waals surface area contributed by atoms with E-state index in [1.807, 2.05) is 0 Å². The SMILES string of the molecule is Nc1nc2c(ncn2[C@@H]2O[C@H]([C@H](O)P(=O)(O)O)[C@@H](O)[C@H]2O)c(=O)[nH]1. The molecular formula is C10H14N5O8P. The van der Waals surface area contributed by atoms with E-state index in [1.54, 1.807) is 0 Å². The summed E-state index contributed by atoms with van der Waals surface area (Å²) < 4.78 is 17.4. The van der Waals surface area contributed by atoms with Gasteiger partial charge in [-0.2, -0.15) is 4.98 Å². The minimum atomic E-state index is -4.99. The van der Waals surface area contributed by atoms with Crippen molar-refractivity contribution in [1.82, 2.24) is 19.5 Å². The maximum absolute atomic E-state index is 11.7. The van der Waals surface area contributed by atoms with Crippen molar-refractivity contribution >= 4 is 24.7 Å². The molecule has 0 bridgehead atoms. The van der Waals surface area contributed by atoms with Crippen LogP contribution in [0.15, 0.2) is 11.1 Å². The molecule has 13 nitrogen and oxygen atoms in total. The first kappa shape index (κ1) is 17.0. The molecule has 5 atom stereocenters. The molecule has 8 N–H and O–H groups in total. The van der Waals surface area contributed by atoms with Gasteiger partial charge in [0.05, 0.1) is 6.33 Å². The molecule has 3 rings (SSSR count). The molecule has 1 fully saturated rings. The third-order valence-electron chi connectivity index (χ3n) is 3.64. The zero-order valence-corrected chi connectivity index (χ0v) is 12.7. The number of anilines is 1. The summed E-state index contributed by atoms with van der Waals surface area (Å²) in [7, 11) is -4.99. The number of aliphatic hydroxyl groups excluding tert-OH is 3. The third kappa shape index (κ3) is 2.61. The van der Waals surface area contributed by atoms with Gasteiger partial charge in [-0.3, -0.25) is 18.9 Å². The first-order chi connectivity index (χ1) is 11.1. The van der Waals surface area contributed by atoms with Crippen molar-refractivity contribution in [2.75, 3.05) is 5.73 Å². The molecule has 0 saturated carbocycles. The molecule has 0 spiro atoms. The molecule has 2 aromatic rings. The highest BCUT2D eigenvalue weighted by molar-refractivity contribution is 7.52. The van der Waals surface area contributed by atoms with Crippen LogP contribution in [-0.4, -0.2) is 68.8 Å². The summed E-state index contributed by atoms with van der Waals surface area (Å²) in [5, 5.41) is 29.6. The van der Waals surface area contributed by atoms with E-state index in [1.165, 1.54) is 0 Å². The second-order valence-electron chi connectivity index (χ2n) is 5.25. The van der Waals surface area contributed by atoms with Crippen LogP contribution in [0.25, 0.3) is 11.2 Å². The van der Waals surface area contributed by atoms with Gasteiger partial charge < -0.3 is 35.6 Å². The number of nitrogens with zero attached hydrogens (tertiary/aromatic N) is 3. The van der Waals surface area contributed by atoms with Gasteiger partial charge in [-0.25, -0.2) is 4.98 Å². The number of aliphatic hydroxyl groups is 3. The monoisotopic (exact) mass is 363 g/mol. The molecule has 24 heavy (non-hydrogen) atoms. The van der Waals surface area contributed by atoms with E-state index in [0.29, 0.717) is 0 Å². The summed E-state index contributed by atoms with van der Waals surface area (Å²) in [6.07, 6.45) is -5.54. The summed E-state index contributed by atoms with van der Waals surface area (Å²) in [5.41, 5.74) is 4.61. The zero-order valence-electron chi connectivity index (χ0n) is 11.8. The number of nitrogen functional groups attached to an aromatic ring is 1. The Balaban J connectivity index is 2.02. The number of fused-ring (bicyclic) bond motifs is 1. The van der Waals surface area contributed by atoms with E-state index >= 15 is 0 Å². The summed E-state index contributed by atoms with van der Waals surface area (Å²) in [5.74, 6) is -2.57. The van der Waals surface area contributed by atoms with Crippen molar-refractivity contribution in [2.45, 2.75) is 30.4 Å². The Morgan fingerprint density at radius 1 is 1.38 bits per heavy atom. The Hall–Kier alpha value is -1.86. The van der Waals surface area contributed by atoms with Crippen LogP contribution in [0.1, 0.15) is 6.23 Å². The average molecular weight is 363 g/mol. The molecule has 0 unspecified atom stereocenters. The first-order valence-corrected chi connectivity index (χ1v) is 8.26. The quantitative estimate of drug-likeness (QED) is 0.269. The zero-order chi connectivity index (χ0) is 17.8. The highest BCUT2D eigenvalue weighted by atomic mass is 31.2. The van der Waals surface area contributed by atoms with E-state index in [4.69, 9.17) is 20.3 Å². The summed E-state index contributed by atoms with van der Waals surface area (Å²) >= 11 is 0. The molecule has 2 aromatic heterocycles. The van der Waals surface area contributed by atoms with Crippen LogP contribution in [0.2, 0.25) is 0 Å². The maximum atomic E-state index is 11.7. The number of aromatic nitrogens is 4. The fourth-order valence-electron chi connectivity index (χ4n) is 2.48. The van der Waals surface area contributed by atoms with Gasteiger partial charge in [0.15, 0.2) is 23.2 Å². The number of imidazole rings is 1. The van der Waals surface area contributed by atoms with Crippen LogP contribution in [0, 0.1) is 0 Å². The normalized spacial score (nSPS) is 29.2. The van der Waals surface area contributed by atoms with Crippen molar-refractivity contribution < 1.29 is 34.4 Å². The predicted octanol–water partition coefficient (Wildman–Crippen LogP) is -3.18. The molecule has 3 heterocycles. The summed E-state index contributed by atoms with van der Waals surface area (Å²) in [4.78, 5) is 39.6. The van der Waals surface area contributed by atoms with Gasteiger partial charge in [0, 0.05) is 0 Å². The van der Waals surface area contributed by atoms with Gasteiger partial charge in [-0.05, 0) is 0 Å². The Bertz CT molecular complexity index is 876. The van der Waals surface area contributed by atoms with Crippen LogP contribution >= 0.6 is 7.60 Å². The van der Waals surface area contributed by atoms with E-state index < -0.39 is 43.5 Å². The first-order valence-electron chi connectivity index (χ1n) is 6.58. The largest absolute Gasteiger partial charge is 0.387 e. The number of hydrogen-bond acceptors (Lipinski definition) is 9. The number of rotatable bonds is 3. The van der Waals surface area contributed by atoms with E-state index in [2.05, 4.69) is 15.0 Å². The van der Waals surface area contributed by atoms with Crippen molar-refractivity contribution in [3.63, 3.8) is 0 Å². The van der Waals surface area contributed by atoms with Crippen molar-refractivity contribution in [1.29, 1.82) is 0 Å². The van der Waals surface area contributed by atoms with Crippen LogP contribution in [0.3, 0.4) is 0 Å². The van der Waals surface area contributed by atoms with E-state index in [0.717, 1.165) is 10.9 Å². The minimum Gasteiger partial charge on any atom is -0.387 e. The number of nitrogens with one attached hydrogen (secondary N) is 1. The fraction of sp³-hybridized carbons (Fsp3) is 0.500. The molecular weight excluding hydrogens is 349 g/mol. The summed E-state index contributed by atoms with van der Waals surface area (Å²) in [6.45, 7) is 0. The lowest BCUT2D eigenvalue weighted by molar-refractivity contribution is -0.0664. The van der Waals surface area contributed by atoms with Crippen LogP contribution in [-0.2, 0) is 9.30 Å². The number of nitrogens with two attached hydrogens (primary N) is 1. The highest BCUT2D eigenvalue weighted by Gasteiger charge is 2.51. The molecule has 0 aromatic carbocycles. The van der Waals surface area contributed by atoms with E-state index in [-0.39, 0.29) is 17.1 Å². The van der Waals surface area contributed by atoms with Crippen molar-refractivity contribution in [3.05, 3.63) is 16.7 Å². The van der Waals surface area contributed by atoms with Crippen molar-refractivity contribution in [2.24, 2.45) is 0 Å². The molecule has 0 aliphatic carbocycles. The lowest BCUT2D eigenvalue weighted by atomic mass is 10.1. The van der Waals surface area contributed by atoms with Crippen LogP contribution in [0.5, 0.6) is 0 Å². The predicted molar refractivity (Wildman–Crippen MR) is 76.5 cm³/mol. The molecule has 1 aliphatic heterocycles. The fourth-order valence-corrected chi connectivity index (χ4v) is 3.11. The maximum Gasteiger partial charge on any atom is 0.356 e. The molecule has 14 heteroatoms. The lowest BCUT2D eigenvalue weighted by Gasteiger charge is -2.21. The average Bonchev–Trinajstić information content (AvgIpc) is 3.00. The van der Waals surface area contributed by atoms with Gasteiger partial charge in [0.2, 0.25) is 5.95 Å². The summed E-state index contributed by atoms with van der Waals surface area (Å²) in [6, 6.07) is 0. The number of hydrogen-bond donors (Lipinski definition) is 7. The highest BCUT2D eigenvalue weighted by Crippen LogP contribution is 2.46. The van der Waals surface area contributed by atoms with E-state index in [9.17, 15) is 24.7 Å². The van der Waals surface area contributed by atoms with Gasteiger partial charge in [0.1, 0.15) is 18.3 Å². The molecule has 132 valence electrons. The number of H-pyrrole nitrogens is 1. The Labute approximate surface area is 132 Å². The molecule has 0 radical (unpaired) electrons. The topological polar surface area (TPSA) is 217 Å². The number of aromatic amines is 1. The van der Waals surface area contributed by atoms with Crippen molar-refractivity contribution in [3.8, 4) is 0 Å². The van der Waals surface area contributed by atoms with Gasteiger partial charge in [0.25, 0.3) is 5.56 Å². The van der Waals surface area contributed by atoms with Gasteiger partial charge in [-0.15, -0.1) is 0 Å². The molecule has 1 saturated heterocycles. The van der Waals surface area contributed by atoms with Gasteiger partial charge >= 0.3 is 7.60 Å². The smallest absolute Gasteiger partial charge is 0.356 e. The lowest BCUT2D eigenvalue weighted by Crippen LogP contribution is -2.38. The van der Waals surface area contributed by atoms with Crippen LogP contribution in [0.4, 0.5) is 5.95 Å². The second-order valence-corrected chi connectivity index (χ2v) is 6.96. The minimum absolute atomic E-state index is 0.0705. The Kier molecular flexibility index (Phi) is 3.96. The molecule has 0 amide bonds. The number of ether oxygens (including phenoxy) is 1. The third-order valence-corrected chi connectivity index (χ3v) is 4.62. The second kappa shape index (κ2) is 5.60. The molecule has 1 aliphatic rings.